The summed E-state index contributed by atoms with van der Waals surface area (Å²) < 4.78 is 5.74. The summed E-state index contributed by atoms with van der Waals surface area (Å²) in [4.78, 5) is 6.79. The molecule has 1 saturated heterocycles. The number of hydrogen-bond donors (Lipinski definition) is 2. The van der Waals surface area contributed by atoms with Gasteiger partial charge >= 0.3 is 0 Å². The Morgan fingerprint density at radius 1 is 1.10 bits per heavy atom. The van der Waals surface area contributed by atoms with Gasteiger partial charge in [-0.15, -0.1) is 0 Å². The molecule has 0 bridgehead atoms. The number of hydrogen-bond acceptors (Lipinski definition) is 5. The van der Waals surface area contributed by atoms with E-state index in [1.807, 2.05) is 56.3 Å². The van der Waals surface area contributed by atoms with E-state index in [1.54, 1.807) is 6.20 Å². The summed E-state index contributed by atoms with van der Waals surface area (Å²) in [5, 5.41) is 22.6. The van der Waals surface area contributed by atoms with Crippen LogP contribution in [0.1, 0.15) is 36.0 Å². The van der Waals surface area contributed by atoms with Crippen LogP contribution in [-0.4, -0.2) is 46.0 Å². The van der Waals surface area contributed by atoms with Crippen molar-refractivity contribution in [2.75, 3.05) is 19.6 Å². The second kappa shape index (κ2) is 8.72. The number of piperidine rings is 1. The Labute approximate surface area is 177 Å². The van der Waals surface area contributed by atoms with E-state index < -0.39 is 11.9 Å². The molecular formula is C25H30N2O3. The van der Waals surface area contributed by atoms with E-state index in [-0.39, 0.29) is 0 Å². The summed E-state index contributed by atoms with van der Waals surface area (Å²) in [6, 6.07) is 15.9. The highest BCUT2D eigenvalue weighted by Crippen LogP contribution is 2.34. The molecule has 5 nitrogen and oxygen atoms in total. The van der Waals surface area contributed by atoms with Crippen LogP contribution in [0.4, 0.5) is 0 Å². The Hall–Kier alpha value is -2.47. The lowest BCUT2D eigenvalue weighted by Gasteiger charge is -2.38. The first kappa shape index (κ1) is 20.8. The first-order chi connectivity index (χ1) is 14.4. The van der Waals surface area contributed by atoms with Crippen LogP contribution in [0.5, 0.6) is 5.75 Å². The number of nitrogens with zero attached hydrogens (tertiary/aromatic N) is 2. The van der Waals surface area contributed by atoms with Gasteiger partial charge in [0.05, 0.1) is 11.1 Å². The van der Waals surface area contributed by atoms with Crippen molar-refractivity contribution in [2.45, 2.75) is 45.0 Å². The average Bonchev–Trinajstić information content (AvgIpc) is 2.76. The van der Waals surface area contributed by atoms with Crippen molar-refractivity contribution in [2.24, 2.45) is 0 Å². The molecule has 2 aromatic carbocycles. The lowest BCUT2D eigenvalue weighted by atomic mass is 9.85. The van der Waals surface area contributed by atoms with Gasteiger partial charge in [0, 0.05) is 43.2 Å². The van der Waals surface area contributed by atoms with Crippen LogP contribution in [0, 0.1) is 13.8 Å². The van der Waals surface area contributed by atoms with Crippen molar-refractivity contribution in [3.63, 3.8) is 0 Å². The molecule has 4 rings (SSSR count). The van der Waals surface area contributed by atoms with Crippen LogP contribution >= 0.6 is 0 Å². The fraction of sp³-hybridized carbons (Fsp3) is 0.400. The smallest absolute Gasteiger partial charge is 0.198 e. The van der Waals surface area contributed by atoms with Gasteiger partial charge < -0.3 is 19.8 Å². The normalized spacial score (nSPS) is 17.7. The van der Waals surface area contributed by atoms with Gasteiger partial charge in [-0.2, -0.15) is 0 Å². The second-order valence-corrected chi connectivity index (χ2v) is 8.35. The number of pyridine rings is 1. The summed E-state index contributed by atoms with van der Waals surface area (Å²) in [5.41, 5.74) is 3.20. The molecule has 0 saturated carbocycles. The van der Waals surface area contributed by atoms with E-state index in [0.717, 1.165) is 53.0 Å². The molecule has 3 aromatic rings. The Morgan fingerprint density at radius 3 is 2.67 bits per heavy atom. The topological polar surface area (TPSA) is 65.8 Å². The zero-order valence-electron chi connectivity index (χ0n) is 17.7. The number of benzene rings is 2. The molecule has 1 aliphatic rings. The highest BCUT2D eigenvalue weighted by atomic mass is 16.6. The molecule has 1 unspecified atom stereocenters. The largest absolute Gasteiger partial charge is 0.465 e. The van der Waals surface area contributed by atoms with Gasteiger partial charge in [-0.1, -0.05) is 30.3 Å². The molecule has 1 aliphatic heterocycles. The molecule has 1 aromatic heterocycles. The molecule has 5 heteroatoms. The maximum atomic E-state index is 11.2. The zero-order chi connectivity index (χ0) is 21.1. The third kappa shape index (κ3) is 4.48. The number of ether oxygens (including phenoxy) is 1. The predicted molar refractivity (Wildman–Crippen MR) is 118 cm³/mol. The number of fused-ring (bicyclic) bond motifs is 1. The number of aliphatic hydroxyl groups excluding tert-OH is 1. The fourth-order valence-electron chi connectivity index (χ4n) is 4.11. The number of aromatic nitrogens is 1. The molecule has 0 amide bonds. The quantitative estimate of drug-likeness (QED) is 0.608. The molecule has 2 heterocycles. The van der Waals surface area contributed by atoms with E-state index in [9.17, 15) is 10.2 Å². The summed E-state index contributed by atoms with van der Waals surface area (Å²) in [5.74, 6) is 0.735. The first-order valence-electron chi connectivity index (χ1n) is 10.7. The van der Waals surface area contributed by atoms with Crippen molar-refractivity contribution >= 4 is 10.9 Å². The Bertz CT molecular complexity index is 1010. The van der Waals surface area contributed by atoms with Gasteiger partial charge in [0.1, 0.15) is 5.75 Å². The van der Waals surface area contributed by atoms with E-state index in [2.05, 4.69) is 16.0 Å². The number of para-hydroxylation sites is 1. The average molecular weight is 407 g/mol. The molecule has 2 N–H and O–H groups in total. The van der Waals surface area contributed by atoms with Gasteiger partial charge in [-0.3, -0.25) is 4.98 Å². The zero-order valence-corrected chi connectivity index (χ0v) is 17.7. The first-order valence-corrected chi connectivity index (χ1v) is 10.7. The lowest BCUT2D eigenvalue weighted by Crippen LogP contribution is -2.43. The van der Waals surface area contributed by atoms with Crippen molar-refractivity contribution in [1.29, 1.82) is 0 Å². The number of likely N-dealkylation sites (tertiary alicyclic amines) is 1. The molecule has 158 valence electrons. The third-order valence-electron chi connectivity index (χ3n) is 6.32. The van der Waals surface area contributed by atoms with Crippen LogP contribution in [-0.2, 0) is 5.60 Å². The van der Waals surface area contributed by atoms with Crippen molar-refractivity contribution in [1.82, 2.24) is 9.88 Å². The molecule has 30 heavy (non-hydrogen) atoms. The van der Waals surface area contributed by atoms with E-state index in [0.29, 0.717) is 19.3 Å². The van der Waals surface area contributed by atoms with Crippen molar-refractivity contribution in [3.05, 3.63) is 71.4 Å². The summed E-state index contributed by atoms with van der Waals surface area (Å²) in [7, 11) is 0. The SMILES string of the molecule is Cc1cccc(OC(O)CCN2CCC(O)(c3cnc4ccccc4c3)CC2)c1C. The maximum Gasteiger partial charge on any atom is 0.198 e. The van der Waals surface area contributed by atoms with Gasteiger partial charge in [-0.05, 0) is 56.0 Å². The van der Waals surface area contributed by atoms with Crippen LogP contribution in [0.2, 0.25) is 0 Å². The second-order valence-electron chi connectivity index (χ2n) is 8.35. The Balaban J connectivity index is 1.31. The number of aliphatic hydroxyl groups is 2. The van der Waals surface area contributed by atoms with E-state index in [4.69, 9.17) is 4.74 Å². The van der Waals surface area contributed by atoms with Crippen LogP contribution in [0.25, 0.3) is 10.9 Å². The summed E-state index contributed by atoms with van der Waals surface area (Å²) >= 11 is 0. The molecule has 0 aliphatic carbocycles. The summed E-state index contributed by atoms with van der Waals surface area (Å²) in [6.07, 6.45) is 2.81. The van der Waals surface area contributed by atoms with E-state index in [1.165, 1.54) is 0 Å². The Morgan fingerprint density at radius 2 is 1.87 bits per heavy atom. The fourth-order valence-corrected chi connectivity index (χ4v) is 4.11. The van der Waals surface area contributed by atoms with Gasteiger partial charge in [0.15, 0.2) is 6.29 Å². The van der Waals surface area contributed by atoms with E-state index >= 15 is 0 Å². The third-order valence-corrected chi connectivity index (χ3v) is 6.32. The highest BCUT2D eigenvalue weighted by molar-refractivity contribution is 5.78. The Kier molecular flexibility index (Phi) is 6.04. The standard InChI is InChI=1S/C25H30N2O3/c1-18-6-5-9-23(19(18)2)30-24(28)10-13-27-14-11-25(29,12-15-27)21-16-20-7-3-4-8-22(20)26-17-21/h3-9,16-17,24,28-29H,10-15H2,1-2H3. The molecule has 1 atom stereocenters. The van der Waals surface area contributed by atoms with Crippen molar-refractivity contribution in [3.8, 4) is 5.75 Å². The maximum absolute atomic E-state index is 11.2. The van der Waals surface area contributed by atoms with Crippen LogP contribution < -0.4 is 4.74 Å². The monoisotopic (exact) mass is 406 g/mol. The lowest BCUT2D eigenvalue weighted by molar-refractivity contribution is -0.0478. The molecular weight excluding hydrogens is 376 g/mol. The highest BCUT2D eigenvalue weighted by Gasteiger charge is 2.34. The molecule has 1 fully saturated rings. The van der Waals surface area contributed by atoms with Gasteiger partial charge in [-0.25, -0.2) is 0 Å². The van der Waals surface area contributed by atoms with Gasteiger partial charge in [0.25, 0.3) is 0 Å². The predicted octanol–water partition coefficient (Wildman–Crippen LogP) is 3.92. The van der Waals surface area contributed by atoms with Crippen LogP contribution in [0.3, 0.4) is 0 Å². The van der Waals surface area contributed by atoms with Gasteiger partial charge in [0.2, 0.25) is 0 Å². The minimum atomic E-state index is -0.846. The molecule has 0 radical (unpaired) electrons. The number of aryl methyl sites for hydroxylation is 1. The molecule has 0 spiro atoms. The van der Waals surface area contributed by atoms with Crippen LogP contribution in [0.15, 0.2) is 54.7 Å². The summed E-state index contributed by atoms with van der Waals surface area (Å²) in [6.45, 7) is 6.33. The minimum absolute atomic E-state index is 0.531. The van der Waals surface area contributed by atoms with Crippen molar-refractivity contribution < 1.29 is 14.9 Å². The minimum Gasteiger partial charge on any atom is -0.465 e. The number of rotatable bonds is 6.